The number of hydrogen-bond donors (Lipinski definition) is 1. The maximum atomic E-state index is 12.8. The van der Waals surface area contributed by atoms with Crippen LogP contribution in [0.5, 0.6) is 5.75 Å². The number of halogens is 2. The summed E-state index contributed by atoms with van der Waals surface area (Å²) >= 11 is 0. The molecule has 0 atom stereocenters. The molecule has 5 nitrogen and oxygen atoms in total. The number of esters is 1. The summed E-state index contributed by atoms with van der Waals surface area (Å²) < 4.78 is 33.9. The van der Waals surface area contributed by atoms with Crippen LogP contribution < -0.4 is 10.1 Å². The van der Waals surface area contributed by atoms with Crippen LogP contribution in [-0.4, -0.2) is 25.1 Å². The molecule has 0 unspecified atom stereocenters. The van der Waals surface area contributed by atoms with E-state index in [-0.39, 0.29) is 5.75 Å². The van der Waals surface area contributed by atoms with Gasteiger partial charge in [0.05, 0.1) is 5.41 Å². The summed E-state index contributed by atoms with van der Waals surface area (Å²) in [5.41, 5.74) is 0.601. The lowest BCUT2D eigenvalue weighted by atomic mass is 9.79. The van der Waals surface area contributed by atoms with Crippen molar-refractivity contribution in [2.24, 2.45) is 0 Å². The predicted molar refractivity (Wildman–Crippen MR) is 99.3 cm³/mol. The van der Waals surface area contributed by atoms with Crippen LogP contribution >= 0.6 is 0 Å². The second-order valence-electron chi connectivity index (χ2n) is 6.68. The summed E-state index contributed by atoms with van der Waals surface area (Å²) in [5, 5.41) is 2.56. The first kappa shape index (κ1) is 19.8. The molecular weight excluding hydrogens is 368 g/mol. The number of carbonyl (C=O) groups excluding carboxylic acids is 2. The molecular formula is C21H21F2NO4. The summed E-state index contributed by atoms with van der Waals surface area (Å²) in [6.45, 7) is -3.32. The molecule has 0 radical (unpaired) electrons. The summed E-state index contributed by atoms with van der Waals surface area (Å²) in [6, 6.07) is 15.0. The predicted octanol–water partition coefficient (Wildman–Crippen LogP) is 4.28. The van der Waals surface area contributed by atoms with E-state index in [9.17, 15) is 18.4 Å². The van der Waals surface area contributed by atoms with Crippen molar-refractivity contribution in [1.29, 1.82) is 0 Å². The molecule has 0 aliphatic heterocycles. The highest BCUT2D eigenvalue weighted by atomic mass is 19.3. The Bertz CT molecular complexity index is 803. The molecule has 1 amide bonds. The second kappa shape index (κ2) is 8.82. The smallest absolute Gasteiger partial charge is 0.387 e. The number of rotatable bonds is 7. The van der Waals surface area contributed by atoms with Crippen LogP contribution in [0.3, 0.4) is 0 Å². The van der Waals surface area contributed by atoms with E-state index in [1.807, 2.05) is 30.3 Å². The number of carbonyl (C=O) groups is 2. The maximum Gasteiger partial charge on any atom is 0.387 e. The fourth-order valence-corrected chi connectivity index (χ4v) is 3.53. The minimum atomic E-state index is -2.91. The first-order valence-electron chi connectivity index (χ1n) is 9.07. The van der Waals surface area contributed by atoms with E-state index >= 15 is 0 Å². The number of ether oxygens (including phenoxy) is 2. The molecule has 0 heterocycles. The SMILES string of the molecule is O=C(COC(=O)C1(c2ccccc2)CCCC1)Nc1ccc(OC(F)F)cc1. The minimum Gasteiger partial charge on any atom is -0.455 e. The van der Waals surface area contributed by atoms with Gasteiger partial charge in [-0.2, -0.15) is 8.78 Å². The summed E-state index contributed by atoms with van der Waals surface area (Å²) in [4.78, 5) is 24.9. The molecule has 1 N–H and O–H groups in total. The van der Waals surface area contributed by atoms with E-state index in [1.165, 1.54) is 24.3 Å². The molecule has 3 rings (SSSR count). The Hall–Kier alpha value is -2.96. The Kier molecular flexibility index (Phi) is 6.23. The van der Waals surface area contributed by atoms with Crippen LogP contribution in [-0.2, 0) is 19.7 Å². The summed E-state index contributed by atoms with van der Waals surface area (Å²) in [6.07, 6.45) is 3.26. The average Bonchev–Trinajstić information content (AvgIpc) is 3.19. The topological polar surface area (TPSA) is 64.6 Å². The van der Waals surface area contributed by atoms with Gasteiger partial charge in [0, 0.05) is 5.69 Å². The zero-order chi connectivity index (χ0) is 20.0. The van der Waals surface area contributed by atoms with E-state index in [1.54, 1.807) is 0 Å². The normalized spacial score (nSPS) is 15.2. The maximum absolute atomic E-state index is 12.8. The molecule has 0 spiro atoms. The average molecular weight is 389 g/mol. The molecule has 7 heteroatoms. The van der Waals surface area contributed by atoms with Crippen molar-refractivity contribution in [2.45, 2.75) is 37.7 Å². The van der Waals surface area contributed by atoms with Gasteiger partial charge in [0.25, 0.3) is 5.91 Å². The molecule has 1 fully saturated rings. The third-order valence-corrected chi connectivity index (χ3v) is 4.87. The van der Waals surface area contributed by atoms with Gasteiger partial charge in [-0.05, 0) is 42.7 Å². The number of amides is 1. The first-order chi connectivity index (χ1) is 13.5. The van der Waals surface area contributed by atoms with Crippen LogP contribution in [0.15, 0.2) is 54.6 Å². The molecule has 1 saturated carbocycles. The Morgan fingerprint density at radius 1 is 1.00 bits per heavy atom. The fraction of sp³-hybridized carbons (Fsp3) is 0.333. The zero-order valence-electron chi connectivity index (χ0n) is 15.2. The van der Waals surface area contributed by atoms with Crippen molar-refractivity contribution in [1.82, 2.24) is 0 Å². The van der Waals surface area contributed by atoms with E-state index in [0.29, 0.717) is 18.5 Å². The number of hydrogen-bond acceptors (Lipinski definition) is 4. The molecule has 2 aromatic rings. The molecule has 0 bridgehead atoms. The minimum absolute atomic E-state index is 0.00883. The molecule has 1 aliphatic carbocycles. The second-order valence-corrected chi connectivity index (χ2v) is 6.68. The van der Waals surface area contributed by atoms with Gasteiger partial charge in [-0.15, -0.1) is 0 Å². The van der Waals surface area contributed by atoms with Crippen molar-refractivity contribution >= 4 is 17.6 Å². The van der Waals surface area contributed by atoms with Crippen LogP contribution in [0.4, 0.5) is 14.5 Å². The Labute approximate surface area is 161 Å². The van der Waals surface area contributed by atoms with Crippen LogP contribution in [0, 0.1) is 0 Å². The Balaban J connectivity index is 1.57. The third-order valence-electron chi connectivity index (χ3n) is 4.87. The molecule has 0 saturated heterocycles. The standard InChI is InChI=1S/C21H21F2NO4/c22-20(23)28-17-10-8-16(9-11-17)24-18(25)14-27-19(26)21(12-4-5-13-21)15-6-2-1-3-7-15/h1-3,6-11,20H,4-5,12-14H2,(H,24,25). The summed E-state index contributed by atoms with van der Waals surface area (Å²) in [7, 11) is 0. The Morgan fingerprint density at radius 2 is 1.64 bits per heavy atom. The molecule has 28 heavy (non-hydrogen) atoms. The van der Waals surface area contributed by atoms with Gasteiger partial charge in [-0.25, -0.2) is 0 Å². The number of nitrogens with one attached hydrogen (secondary N) is 1. The van der Waals surface area contributed by atoms with Gasteiger partial charge in [0.2, 0.25) is 0 Å². The van der Waals surface area contributed by atoms with Gasteiger partial charge in [-0.1, -0.05) is 43.2 Å². The van der Waals surface area contributed by atoms with Crippen molar-refractivity contribution in [2.75, 3.05) is 11.9 Å². The van der Waals surface area contributed by atoms with Crippen molar-refractivity contribution in [3.8, 4) is 5.75 Å². The number of anilines is 1. The summed E-state index contributed by atoms with van der Waals surface area (Å²) in [5.74, 6) is -0.908. The van der Waals surface area contributed by atoms with E-state index in [4.69, 9.17) is 4.74 Å². The van der Waals surface area contributed by atoms with E-state index < -0.39 is 30.5 Å². The highest BCUT2D eigenvalue weighted by Gasteiger charge is 2.44. The van der Waals surface area contributed by atoms with Gasteiger partial charge < -0.3 is 14.8 Å². The monoisotopic (exact) mass is 389 g/mol. The first-order valence-corrected chi connectivity index (χ1v) is 9.07. The lowest BCUT2D eigenvalue weighted by Gasteiger charge is -2.27. The molecule has 0 aromatic heterocycles. The largest absolute Gasteiger partial charge is 0.455 e. The lowest BCUT2D eigenvalue weighted by Crippen LogP contribution is -2.36. The van der Waals surface area contributed by atoms with Crippen molar-refractivity contribution < 1.29 is 27.8 Å². The molecule has 1 aliphatic rings. The molecule has 2 aromatic carbocycles. The van der Waals surface area contributed by atoms with E-state index in [0.717, 1.165) is 18.4 Å². The lowest BCUT2D eigenvalue weighted by molar-refractivity contribution is -0.153. The fourth-order valence-electron chi connectivity index (χ4n) is 3.53. The zero-order valence-corrected chi connectivity index (χ0v) is 15.2. The highest BCUT2D eigenvalue weighted by molar-refractivity contribution is 5.94. The van der Waals surface area contributed by atoms with Crippen LogP contribution in [0.2, 0.25) is 0 Å². The quantitative estimate of drug-likeness (QED) is 0.718. The number of benzene rings is 2. The van der Waals surface area contributed by atoms with Crippen molar-refractivity contribution in [3.05, 3.63) is 60.2 Å². The Morgan fingerprint density at radius 3 is 2.25 bits per heavy atom. The van der Waals surface area contributed by atoms with Gasteiger partial charge in [0.1, 0.15) is 5.75 Å². The van der Waals surface area contributed by atoms with Gasteiger partial charge >= 0.3 is 12.6 Å². The van der Waals surface area contributed by atoms with Crippen LogP contribution in [0.25, 0.3) is 0 Å². The highest BCUT2D eigenvalue weighted by Crippen LogP contribution is 2.42. The van der Waals surface area contributed by atoms with Gasteiger partial charge in [-0.3, -0.25) is 9.59 Å². The van der Waals surface area contributed by atoms with Crippen LogP contribution in [0.1, 0.15) is 31.2 Å². The van der Waals surface area contributed by atoms with Gasteiger partial charge in [0.15, 0.2) is 6.61 Å². The van der Waals surface area contributed by atoms with E-state index in [2.05, 4.69) is 10.1 Å². The van der Waals surface area contributed by atoms with Crippen molar-refractivity contribution in [3.63, 3.8) is 0 Å². The molecule has 148 valence electrons. The number of alkyl halides is 2. The third kappa shape index (κ3) is 4.65.